The summed E-state index contributed by atoms with van der Waals surface area (Å²) >= 11 is 0. The minimum absolute atomic E-state index is 0. The van der Waals surface area contributed by atoms with Gasteiger partial charge in [-0.15, -0.1) is 9.24 Å². The van der Waals surface area contributed by atoms with Gasteiger partial charge in [-0.25, -0.2) is 0 Å². The molecule has 2 aliphatic carbocycles. The average Bonchev–Trinajstić information content (AvgIpc) is 3.47. The van der Waals surface area contributed by atoms with Crippen LogP contribution in [0.5, 0.6) is 0 Å². The van der Waals surface area contributed by atoms with Crippen LogP contribution in [0.4, 0.5) is 0 Å². The predicted octanol–water partition coefficient (Wildman–Crippen LogP) is 3.07. The minimum Gasteiger partial charge on any atom is -0.0312 e. The third kappa shape index (κ3) is 46.1. The molecule has 1 atom stereocenters. The van der Waals surface area contributed by atoms with Crippen LogP contribution < -0.4 is 5.30 Å². The van der Waals surface area contributed by atoms with Crippen molar-refractivity contribution in [2.24, 2.45) is 0 Å². The van der Waals surface area contributed by atoms with E-state index < -0.39 is 0 Å². The molecule has 3 rings (SSSR count). The van der Waals surface area contributed by atoms with Gasteiger partial charge in [0.25, 0.3) is 0 Å². The average molecular weight is 464 g/mol. The number of rotatable bonds is 0. The van der Waals surface area contributed by atoms with E-state index in [-0.39, 0.29) is 34.1 Å². The molecule has 1 aromatic rings. The fourth-order valence-electron chi connectivity index (χ4n) is 1.09. The summed E-state index contributed by atoms with van der Waals surface area (Å²) in [4.78, 5) is 0. The molecule has 7 heteroatoms. The smallest absolute Gasteiger partial charge is 0 e. The monoisotopic (exact) mass is 464 g/mol. The second-order valence-corrected chi connectivity index (χ2v) is 4.00. The molecular weight excluding hydrogens is 447 g/mol. The molecule has 0 aromatic heterocycles. The quantitative estimate of drug-likeness (QED) is 0.245. The van der Waals surface area contributed by atoms with Crippen LogP contribution in [0.1, 0.15) is 0 Å². The van der Waals surface area contributed by atoms with Gasteiger partial charge < -0.3 is 0 Å². The molecule has 0 heterocycles. The van der Waals surface area contributed by atoms with Gasteiger partial charge in [0, 0.05) is 34.1 Å². The summed E-state index contributed by atoms with van der Waals surface area (Å²) < 4.78 is 30.0. The third-order valence-electron chi connectivity index (χ3n) is 1.91. The standard InChI is InChI=1S/C6H7P.2C5H5.4CO.2Fe/c7-6-4-2-1-3-5-6;2*1-2-4-5-3-1;4*1-2;;/h1-5H,7H2;2*1-5H;;;;;;. The second-order valence-electron chi connectivity index (χ2n) is 3.34. The van der Waals surface area contributed by atoms with E-state index in [0.717, 1.165) is 0 Å². The predicted molar refractivity (Wildman–Crippen MR) is 94.5 cm³/mol. The van der Waals surface area contributed by atoms with Crippen LogP contribution in [0.25, 0.3) is 0 Å². The zero-order valence-electron chi connectivity index (χ0n) is 14.1. The van der Waals surface area contributed by atoms with E-state index in [4.69, 9.17) is 18.6 Å². The fourth-order valence-corrected chi connectivity index (χ4v) is 1.32. The zero-order valence-corrected chi connectivity index (χ0v) is 17.4. The Kier molecular flexibility index (Phi) is 76.2. The molecule has 2 fully saturated rings. The molecule has 27 heavy (non-hydrogen) atoms. The largest absolute Gasteiger partial charge is 0.0312 e. The van der Waals surface area contributed by atoms with Gasteiger partial charge in [0.05, 0.1) is 0 Å². The van der Waals surface area contributed by atoms with Crippen LogP contribution in [0.15, 0.2) is 30.3 Å². The first-order chi connectivity index (χ1) is 12.4. The fraction of sp³-hybridized carbons (Fsp3) is 0. The van der Waals surface area contributed by atoms with E-state index in [1.807, 2.05) is 94.5 Å². The number of hydrogen-bond acceptors (Lipinski definition) is 0. The van der Waals surface area contributed by atoms with Crippen LogP contribution in [0.2, 0.25) is 0 Å². The van der Waals surface area contributed by atoms with E-state index in [1.165, 1.54) is 5.30 Å². The first-order valence-corrected chi connectivity index (χ1v) is 6.93. The van der Waals surface area contributed by atoms with E-state index in [0.29, 0.717) is 0 Å². The van der Waals surface area contributed by atoms with Crippen LogP contribution in [0.3, 0.4) is 0 Å². The molecule has 142 valence electrons. The topological polar surface area (TPSA) is 79.6 Å². The van der Waals surface area contributed by atoms with Crippen molar-refractivity contribution in [3.8, 4) is 0 Å². The zero-order chi connectivity index (χ0) is 20.2. The van der Waals surface area contributed by atoms with Gasteiger partial charge in [-0.3, -0.25) is 0 Å². The summed E-state index contributed by atoms with van der Waals surface area (Å²) in [6.45, 7) is 18.0. The molecule has 2 aliphatic rings. The van der Waals surface area contributed by atoms with Crippen molar-refractivity contribution in [2.45, 2.75) is 0 Å². The normalized spacial score (nSPS) is 11.4. The van der Waals surface area contributed by atoms with E-state index in [2.05, 4.69) is 35.8 Å². The van der Waals surface area contributed by atoms with Gasteiger partial charge in [-0.05, 0) is 69.5 Å². The van der Waals surface area contributed by atoms with Crippen molar-refractivity contribution in [2.75, 3.05) is 0 Å². The Balaban J connectivity index is -0.0000000506. The maximum atomic E-state index is 7.50. The molecule has 10 radical (unpaired) electrons. The van der Waals surface area contributed by atoms with E-state index in [1.54, 1.807) is 0 Å². The Bertz CT molecular complexity index is 363. The van der Waals surface area contributed by atoms with E-state index in [9.17, 15) is 0 Å². The van der Waals surface area contributed by atoms with Crippen LogP contribution in [-0.2, 0) is 52.7 Å². The number of hydrogen-bond donors (Lipinski definition) is 0. The molecule has 0 N–H and O–H groups in total. The summed E-state index contributed by atoms with van der Waals surface area (Å²) in [6.07, 6.45) is 20.0. The van der Waals surface area contributed by atoms with Crippen molar-refractivity contribution in [3.63, 3.8) is 0 Å². The maximum Gasteiger partial charge on any atom is 0 e. The first-order valence-electron chi connectivity index (χ1n) is 6.35. The van der Waals surface area contributed by atoms with Gasteiger partial charge in [-0.2, -0.15) is 0 Å². The summed E-state index contributed by atoms with van der Waals surface area (Å²) in [5, 5.41) is 1.24. The Labute approximate surface area is 188 Å². The Morgan fingerprint density at radius 1 is 0.444 bits per heavy atom. The Hall–Kier alpha value is -0.351. The first kappa shape index (κ1) is 41.1. The molecule has 1 aromatic carbocycles. The second kappa shape index (κ2) is 50.0. The molecule has 0 aliphatic heterocycles. The van der Waals surface area contributed by atoms with Gasteiger partial charge in [0.15, 0.2) is 0 Å². The molecule has 0 spiro atoms. The Morgan fingerprint density at radius 3 is 0.741 bits per heavy atom. The molecule has 4 nitrogen and oxygen atoms in total. The third-order valence-corrected chi connectivity index (χ3v) is 2.30. The van der Waals surface area contributed by atoms with Gasteiger partial charge in [0.1, 0.15) is 0 Å². The summed E-state index contributed by atoms with van der Waals surface area (Å²) in [5.41, 5.74) is 0. The van der Waals surface area contributed by atoms with Crippen molar-refractivity contribution < 1.29 is 52.7 Å². The molecule has 0 saturated heterocycles. The summed E-state index contributed by atoms with van der Waals surface area (Å²) in [5.74, 6) is 0. The molecule has 2 saturated carbocycles. The van der Waals surface area contributed by atoms with E-state index >= 15 is 0 Å². The molecule has 1 unspecified atom stereocenters. The molecule has 0 amide bonds. The number of benzene rings is 1. The van der Waals surface area contributed by atoms with Crippen molar-refractivity contribution in [1.29, 1.82) is 0 Å². The SMILES string of the molecule is Pc1ccccc1.[C-]#[O+].[C-]#[O+].[C-]#[O+].[C-]#[O+].[CH]1[CH][CH][CH][CH]1.[CH]1[CH][CH][CH][CH]1.[Fe].[Fe]. The van der Waals surface area contributed by atoms with Crippen LogP contribution in [-0.4, -0.2) is 0 Å². The van der Waals surface area contributed by atoms with Crippen LogP contribution >= 0.6 is 9.24 Å². The molecule has 0 bridgehead atoms. The Morgan fingerprint density at radius 2 is 0.630 bits per heavy atom. The summed E-state index contributed by atoms with van der Waals surface area (Å²) in [6, 6.07) is 10.1. The van der Waals surface area contributed by atoms with Crippen LogP contribution in [0, 0.1) is 90.8 Å². The van der Waals surface area contributed by atoms with Gasteiger partial charge >= 0.3 is 45.2 Å². The molecular formula is C20H17Fe2O4P. The van der Waals surface area contributed by atoms with Crippen molar-refractivity contribution in [3.05, 3.63) is 121 Å². The summed E-state index contributed by atoms with van der Waals surface area (Å²) in [7, 11) is 2.63. The maximum absolute atomic E-state index is 7.50. The van der Waals surface area contributed by atoms with Crippen molar-refractivity contribution >= 4 is 14.5 Å². The van der Waals surface area contributed by atoms with Crippen molar-refractivity contribution in [1.82, 2.24) is 0 Å². The minimum atomic E-state index is 0. The van der Waals surface area contributed by atoms with Gasteiger partial charge in [0.2, 0.25) is 0 Å². The van der Waals surface area contributed by atoms with Gasteiger partial charge in [-0.1, -0.05) is 30.3 Å².